The summed E-state index contributed by atoms with van der Waals surface area (Å²) in [5.74, 6) is 0.329. The molecule has 0 amide bonds. The molecule has 0 N–H and O–H groups in total. The van der Waals surface area contributed by atoms with E-state index in [0.29, 0.717) is 12.5 Å². The van der Waals surface area contributed by atoms with Gasteiger partial charge in [-0.25, -0.2) is 0 Å². The molecule has 0 aromatic carbocycles. The van der Waals surface area contributed by atoms with Gasteiger partial charge in [0.05, 0.1) is 19.5 Å². The molecule has 3 heterocycles. The van der Waals surface area contributed by atoms with Gasteiger partial charge < -0.3 is 9.15 Å². The highest BCUT2D eigenvalue weighted by atomic mass is 79.9. The second-order valence-electron chi connectivity index (χ2n) is 3.57. The summed E-state index contributed by atoms with van der Waals surface area (Å²) in [5, 5.41) is 4.27. The highest BCUT2D eigenvalue weighted by Gasteiger charge is 2.26. The van der Waals surface area contributed by atoms with Crippen molar-refractivity contribution in [2.75, 3.05) is 6.61 Å². The van der Waals surface area contributed by atoms with Crippen LogP contribution in [0.1, 0.15) is 22.6 Å². The fraction of sp³-hybridized carbons (Fsp3) is 0.273. The standard InChI is InChI=1S/C11H9BrO2S/c12-11-10-4-13-3-8(9(10)5-14-11)7-1-2-15-6-7/h1-2,5-6,8H,3-4H2. The molecule has 1 aliphatic heterocycles. The predicted molar refractivity (Wildman–Crippen MR) is 62.2 cm³/mol. The van der Waals surface area contributed by atoms with Gasteiger partial charge in [-0.2, -0.15) is 11.3 Å². The van der Waals surface area contributed by atoms with Crippen LogP contribution in [0, 0.1) is 0 Å². The van der Waals surface area contributed by atoms with Gasteiger partial charge in [0, 0.05) is 17.0 Å². The normalized spacial score (nSPS) is 20.2. The highest BCUT2D eigenvalue weighted by molar-refractivity contribution is 9.10. The number of hydrogen-bond donors (Lipinski definition) is 0. The SMILES string of the molecule is Brc1occ2c1COCC2c1ccsc1. The van der Waals surface area contributed by atoms with E-state index in [9.17, 15) is 0 Å². The van der Waals surface area contributed by atoms with E-state index in [4.69, 9.17) is 9.15 Å². The van der Waals surface area contributed by atoms with E-state index in [1.165, 1.54) is 11.1 Å². The van der Waals surface area contributed by atoms with Crippen LogP contribution in [-0.4, -0.2) is 6.61 Å². The molecule has 2 aromatic heterocycles. The Bertz CT molecular complexity index is 461. The largest absolute Gasteiger partial charge is 0.457 e. The lowest BCUT2D eigenvalue weighted by atomic mass is 9.92. The Hall–Kier alpha value is -0.580. The fourth-order valence-corrected chi connectivity index (χ4v) is 3.07. The number of halogens is 1. The molecular formula is C11H9BrO2S. The topological polar surface area (TPSA) is 22.4 Å². The lowest BCUT2D eigenvalue weighted by molar-refractivity contribution is 0.0994. The van der Waals surface area contributed by atoms with Crippen molar-refractivity contribution in [1.82, 2.24) is 0 Å². The molecule has 0 bridgehead atoms. The summed E-state index contributed by atoms with van der Waals surface area (Å²) >= 11 is 5.12. The Morgan fingerprint density at radius 1 is 1.47 bits per heavy atom. The second kappa shape index (κ2) is 3.77. The third kappa shape index (κ3) is 1.57. The summed E-state index contributed by atoms with van der Waals surface area (Å²) in [6.45, 7) is 1.39. The minimum absolute atomic E-state index is 0.329. The molecular weight excluding hydrogens is 276 g/mol. The summed E-state index contributed by atoms with van der Waals surface area (Å²) in [6.07, 6.45) is 1.84. The average Bonchev–Trinajstić information content (AvgIpc) is 2.88. The maximum absolute atomic E-state index is 5.59. The minimum Gasteiger partial charge on any atom is -0.457 e. The number of hydrogen-bond acceptors (Lipinski definition) is 3. The van der Waals surface area contributed by atoms with Crippen LogP contribution in [0.3, 0.4) is 0 Å². The van der Waals surface area contributed by atoms with Crippen LogP contribution < -0.4 is 0 Å². The molecule has 2 aromatic rings. The minimum atomic E-state index is 0.329. The smallest absolute Gasteiger partial charge is 0.174 e. The van der Waals surface area contributed by atoms with Crippen LogP contribution in [0.2, 0.25) is 0 Å². The van der Waals surface area contributed by atoms with Crippen molar-refractivity contribution in [3.05, 3.63) is 44.4 Å². The average molecular weight is 285 g/mol. The third-order valence-corrected chi connectivity index (χ3v) is 4.09. The Balaban J connectivity index is 2.07. The van der Waals surface area contributed by atoms with E-state index in [0.717, 1.165) is 16.8 Å². The van der Waals surface area contributed by atoms with Crippen molar-refractivity contribution in [3.63, 3.8) is 0 Å². The van der Waals surface area contributed by atoms with Crippen LogP contribution in [0.5, 0.6) is 0 Å². The molecule has 1 aliphatic rings. The quantitative estimate of drug-likeness (QED) is 0.796. The second-order valence-corrected chi connectivity index (χ2v) is 5.07. The monoisotopic (exact) mass is 284 g/mol. The molecule has 15 heavy (non-hydrogen) atoms. The third-order valence-electron chi connectivity index (χ3n) is 2.73. The number of thiophene rings is 1. The molecule has 0 spiro atoms. The first-order chi connectivity index (χ1) is 7.36. The number of ether oxygens (including phenoxy) is 1. The van der Waals surface area contributed by atoms with Gasteiger partial charge in [0.25, 0.3) is 0 Å². The summed E-state index contributed by atoms with van der Waals surface area (Å²) in [6, 6.07) is 2.15. The molecule has 0 saturated carbocycles. The van der Waals surface area contributed by atoms with Crippen molar-refractivity contribution < 1.29 is 9.15 Å². The maximum atomic E-state index is 5.59. The van der Waals surface area contributed by atoms with Gasteiger partial charge in [0.2, 0.25) is 0 Å². The highest BCUT2D eigenvalue weighted by Crippen LogP contribution is 2.37. The summed E-state index contributed by atoms with van der Waals surface area (Å²) in [7, 11) is 0. The number of fused-ring (bicyclic) bond motifs is 1. The van der Waals surface area contributed by atoms with Crippen molar-refractivity contribution in [2.24, 2.45) is 0 Å². The molecule has 78 valence electrons. The predicted octanol–water partition coefficient (Wildman–Crippen LogP) is 3.77. The molecule has 0 fully saturated rings. The molecule has 1 unspecified atom stereocenters. The fourth-order valence-electron chi connectivity index (χ4n) is 1.92. The van der Waals surface area contributed by atoms with E-state index in [-0.39, 0.29) is 0 Å². The van der Waals surface area contributed by atoms with E-state index in [2.05, 4.69) is 32.8 Å². The van der Waals surface area contributed by atoms with Gasteiger partial charge in [-0.15, -0.1) is 0 Å². The van der Waals surface area contributed by atoms with Gasteiger partial charge in [-0.1, -0.05) is 0 Å². The first-order valence-corrected chi connectivity index (χ1v) is 6.45. The Labute approximate surface area is 100.0 Å². The molecule has 0 saturated heterocycles. The molecule has 2 nitrogen and oxygen atoms in total. The van der Waals surface area contributed by atoms with Gasteiger partial charge in [0.15, 0.2) is 4.67 Å². The van der Waals surface area contributed by atoms with Gasteiger partial charge in [-0.05, 0) is 38.3 Å². The van der Waals surface area contributed by atoms with Crippen LogP contribution >= 0.6 is 27.3 Å². The van der Waals surface area contributed by atoms with Crippen molar-refractivity contribution in [2.45, 2.75) is 12.5 Å². The first kappa shape index (κ1) is 9.63. The van der Waals surface area contributed by atoms with Crippen LogP contribution in [-0.2, 0) is 11.3 Å². The van der Waals surface area contributed by atoms with Gasteiger partial charge in [-0.3, -0.25) is 0 Å². The summed E-state index contributed by atoms with van der Waals surface area (Å²) in [4.78, 5) is 0. The van der Waals surface area contributed by atoms with Crippen molar-refractivity contribution in [1.29, 1.82) is 0 Å². The zero-order chi connectivity index (χ0) is 10.3. The molecule has 1 atom stereocenters. The van der Waals surface area contributed by atoms with Gasteiger partial charge in [0.1, 0.15) is 0 Å². The van der Waals surface area contributed by atoms with Crippen LogP contribution in [0.25, 0.3) is 0 Å². The Morgan fingerprint density at radius 3 is 3.20 bits per heavy atom. The van der Waals surface area contributed by atoms with Crippen LogP contribution in [0.15, 0.2) is 32.2 Å². The Kier molecular flexibility index (Phi) is 2.42. The van der Waals surface area contributed by atoms with Crippen LogP contribution in [0.4, 0.5) is 0 Å². The summed E-state index contributed by atoms with van der Waals surface area (Å²) in [5.41, 5.74) is 3.72. The van der Waals surface area contributed by atoms with Crippen molar-refractivity contribution in [3.8, 4) is 0 Å². The van der Waals surface area contributed by atoms with E-state index in [1.807, 2.05) is 6.26 Å². The number of furan rings is 1. The molecule has 4 heteroatoms. The molecule has 0 radical (unpaired) electrons. The van der Waals surface area contributed by atoms with E-state index in [1.54, 1.807) is 11.3 Å². The Morgan fingerprint density at radius 2 is 2.40 bits per heavy atom. The van der Waals surface area contributed by atoms with Gasteiger partial charge >= 0.3 is 0 Å². The lowest BCUT2D eigenvalue weighted by Gasteiger charge is -2.21. The molecule has 3 rings (SSSR count). The first-order valence-electron chi connectivity index (χ1n) is 4.72. The van der Waals surface area contributed by atoms with Crippen molar-refractivity contribution >= 4 is 27.3 Å². The maximum Gasteiger partial charge on any atom is 0.174 e. The van der Waals surface area contributed by atoms with E-state index >= 15 is 0 Å². The summed E-state index contributed by atoms with van der Waals surface area (Å²) < 4.78 is 11.8. The van der Waals surface area contributed by atoms with E-state index < -0.39 is 0 Å². The number of rotatable bonds is 1. The molecule has 0 aliphatic carbocycles. The lowest BCUT2D eigenvalue weighted by Crippen LogP contribution is -2.15. The zero-order valence-electron chi connectivity index (χ0n) is 7.90. The zero-order valence-corrected chi connectivity index (χ0v) is 10.3.